The minimum atomic E-state index is -1.17. The Morgan fingerprint density at radius 1 is 1.20 bits per heavy atom. The summed E-state index contributed by atoms with van der Waals surface area (Å²) in [6.45, 7) is 1.31. The molecule has 0 aromatic heterocycles. The van der Waals surface area contributed by atoms with Crippen LogP contribution in [0.2, 0.25) is 10.0 Å². The number of methoxy groups -OCH3 is 1. The Morgan fingerprint density at radius 2 is 1.85 bits per heavy atom. The number of esters is 1. The van der Waals surface area contributed by atoms with Gasteiger partial charge >= 0.3 is 12.1 Å². The molecule has 6 nitrogen and oxygen atoms in total. The number of alkyl carbamates (subject to hydrolysis) is 1. The van der Waals surface area contributed by atoms with Gasteiger partial charge < -0.3 is 9.47 Å². The van der Waals surface area contributed by atoms with Crippen molar-refractivity contribution in [1.29, 1.82) is 0 Å². The smallest absolute Gasteiger partial charge is 0.413 e. The molecule has 0 spiro atoms. The second-order valence-corrected chi connectivity index (χ2v) is 4.47. The number of carbonyl (C=O) groups is 3. The van der Waals surface area contributed by atoms with Gasteiger partial charge in [-0.05, 0) is 25.1 Å². The van der Waals surface area contributed by atoms with Crippen LogP contribution in [0.5, 0.6) is 0 Å². The topological polar surface area (TPSA) is 81.7 Å². The molecule has 0 radical (unpaired) electrons. The maximum absolute atomic E-state index is 11.8. The van der Waals surface area contributed by atoms with E-state index in [4.69, 9.17) is 27.9 Å². The van der Waals surface area contributed by atoms with Gasteiger partial charge in [-0.15, -0.1) is 0 Å². The molecule has 0 aliphatic rings. The first-order valence-corrected chi connectivity index (χ1v) is 6.15. The summed E-state index contributed by atoms with van der Waals surface area (Å²) in [7, 11) is 1.11. The van der Waals surface area contributed by atoms with Crippen LogP contribution in [0.25, 0.3) is 0 Å². The van der Waals surface area contributed by atoms with Crippen molar-refractivity contribution in [2.45, 2.75) is 13.0 Å². The van der Waals surface area contributed by atoms with Gasteiger partial charge in [0.15, 0.2) is 6.10 Å². The number of halogens is 2. The fourth-order valence-corrected chi connectivity index (χ4v) is 1.46. The molecule has 0 aliphatic heterocycles. The number of nitrogens with one attached hydrogen (secondary N) is 1. The van der Waals surface area contributed by atoms with Crippen LogP contribution in [-0.2, 0) is 14.3 Å². The molecule has 0 saturated heterocycles. The highest BCUT2D eigenvalue weighted by molar-refractivity contribution is 6.42. The summed E-state index contributed by atoms with van der Waals surface area (Å²) in [6.07, 6.45) is -2.11. The van der Waals surface area contributed by atoms with E-state index in [1.165, 1.54) is 25.1 Å². The van der Waals surface area contributed by atoms with Crippen LogP contribution in [-0.4, -0.2) is 31.2 Å². The van der Waals surface area contributed by atoms with E-state index in [9.17, 15) is 14.4 Å². The maximum Gasteiger partial charge on any atom is 0.413 e. The van der Waals surface area contributed by atoms with Gasteiger partial charge in [-0.1, -0.05) is 23.2 Å². The lowest BCUT2D eigenvalue weighted by molar-refractivity contribution is -0.128. The molecule has 1 atom stereocenters. The van der Waals surface area contributed by atoms with Crippen molar-refractivity contribution in [1.82, 2.24) is 5.32 Å². The van der Waals surface area contributed by atoms with E-state index in [2.05, 4.69) is 4.74 Å². The van der Waals surface area contributed by atoms with Crippen LogP contribution in [0.15, 0.2) is 18.2 Å². The molecule has 2 amide bonds. The Kier molecular flexibility index (Phi) is 5.79. The molecule has 1 aromatic carbocycles. The van der Waals surface area contributed by atoms with Gasteiger partial charge in [0.25, 0.3) is 5.91 Å². The second-order valence-electron chi connectivity index (χ2n) is 3.66. The van der Waals surface area contributed by atoms with Gasteiger partial charge in [0.1, 0.15) is 0 Å². The number of hydrogen-bond donors (Lipinski definition) is 1. The summed E-state index contributed by atoms with van der Waals surface area (Å²) in [5.41, 5.74) is 0.136. The predicted molar refractivity (Wildman–Crippen MR) is 71.9 cm³/mol. The Morgan fingerprint density at radius 3 is 2.40 bits per heavy atom. The minimum absolute atomic E-state index is 0.136. The molecule has 20 heavy (non-hydrogen) atoms. The Labute approximate surface area is 124 Å². The number of amides is 2. The molecular weight excluding hydrogens is 309 g/mol. The van der Waals surface area contributed by atoms with E-state index in [-0.39, 0.29) is 10.6 Å². The monoisotopic (exact) mass is 319 g/mol. The number of imide groups is 1. The van der Waals surface area contributed by atoms with Gasteiger partial charge in [-0.2, -0.15) is 0 Å². The van der Waals surface area contributed by atoms with Gasteiger partial charge in [0.05, 0.1) is 22.7 Å². The van der Waals surface area contributed by atoms with Crippen molar-refractivity contribution in [3.05, 3.63) is 33.8 Å². The third-order valence-electron chi connectivity index (χ3n) is 2.22. The number of benzene rings is 1. The lowest BCUT2D eigenvalue weighted by Crippen LogP contribution is -2.39. The summed E-state index contributed by atoms with van der Waals surface area (Å²) in [5.74, 6) is -1.57. The third kappa shape index (κ3) is 4.40. The minimum Gasteiger partial charge on any atom is -0.453 e. The first kappa shape index (κ1) is 16.3. The normalized spacial score (nSPS) is 11.4. The van der Waals surface area contributed by atoms with Crippen LogP contribution >= 0.6 is 23.2 Å². The molecule has 0 heterocycles. The number of rotatable bonds is 3. The number of ether oxygens (including phenoxy) is 2. The van der Waals surface area contributed by atoms with Crippen molar-refractivity contribution in [2.75, 3.05) is 7.11 Å². The van der Waals surface area contributed by atoms with E-state index in [0.29, 0.717) is 5.02 Å². The van der Waals surface area contributed by atoms with Gasteiger partial charge in [-0.3, -0.25) is 10.1 Å². The molecule has 0 saturated carbocycles. The molecule has 8 heteroatoms. The highest BCUT2D eigenvalue weighted by Gasteiger charge is 2.21. The molecule has 1 N–H and O–H groups in total. The third-order valence-corrected chi connectivity index (χ3v) is 2.96. The first-order chi connectivity index (χ1) is 9.35. The molecule has 1 aromatic rings. The zero-order valence-electron chi connectivity index (χ0n) is 10.6. The van der Waals surface area contributed by atoms with Crippen LogP contribution in [0, 0.1) is 0 Å². The molecule has 0 unspecified atom stereocenters. The van der Waals surface area contributed by atoms with Crippen molar-refractivity contribution in [3.63, 3.8) is 0 Å². The maximum atomic E-state index is 11.8. The summed E-state index contributed by atoms with van der Waals surface area (Å²) < 4.78 is 9.12. The highest BCUT2D eigenvalue weighted by Crippen LogP contribution is 2.23. The van der Waals surface area contributed by atoms with Crippen molar-refractivity contribution in [2.24, 2.45) is 0 Å². The van der Waals surface area contributed by atoms with E-state index >= 15 is 0 Å². The van der Waals surface area contributed by atoms with Crippen LogP contribution in [0.4, 0.5) is 4.79 Å². The van der Waals surface area contributed by atoms with Crippen LogP contribution in [0.3, 0.4) is 0 Å². The quantitative estimate of drug-likeness (QED) is 0.865. The van der Waals surface area contributed by atoms with Crippen molar-refractivity contribution >= 4 is 41.2 Å². The predicted octanol–water partition coefficient (Wildman–Crippen LogP) is 2.42. The molecule has 108 valence electrons. The van der Waals surface area contributed by atoms with E-state index in [1.54, 1.807) is 0 Å². The summed E-state index contributed by atoms with van der Waals surface area (Å²) in [5, 5.41) is 2.36. The zero-order valence-corrected chi connectivity index (χ0v) is 12.1. The van der Waals surface area contributed by atoms with Gasteiger partial charge in [0, 0.05) is 0 Å². The van der Waals surface area contributed by atoms with Crippen LogP contribution in [0.1, 0.15) is 17.3 Å². The Hall–Kier alpha value is -1.79. The summed E-state index contributed by atoms with van der Waals surface area (Å²) >= 11 is 11.5. The average molecular weight is 320 g/mol. The van der Waals surface area contributed by atoms with E-state index in [0.717, 1.165) is 7.11 Å². The van der Waals surface area contributed by atoms with E-state index < -0.39 is 24.1 Å². The lowest BCUT2D eigenvalue weighted by Gasteiger charge is -2.12. The first-order valence-electron chi connectivity index (χ1n) is 5.40. The molecule has 0 bridgehead atoms. The fourth-order valence-electron chi connectivity index (χ4n) is 1.16. The standard InChI is InChI=1S/C12H11Cl2NO5/c1-6(10(16)15-12(18)19-2)20-11(17)7-3-4-8(13)9(14)5-7/h3-6H,1-2H3,(H,15,16,18)/t6-/m0/s1. The van der Waals surface area contributed by atoms with Crippen molar-refractivity contribution < 1.29 is 23.9 Å². The summed E-state index contributed by atoms with van der Waals surface area (Å²) in [6, 6.07) is 4.15. The highest BCUT2D eigenvalue weighted by atomic mass is 35.5. The Balaban J connectivity index is 2.67. The molecular formula is C12H11Cl2NO5. The molecule has 0 aliphatic carbocycles. The largest absolute Gasteiger partial charge is 0.453 e. The number of hydrogen-bond acceptors (Lipinski definition) is 5. The summed E-state index contributed by atoms with van der Waals surface area (Å²) in [4.78, 5) is 34.1. The van der Waals surface area contributed by atoms with Crippen LogP contribution < -0.4 is 5.32 Å². The SMILES string of the molecule is COC(=O)NC(=O)[C@H](C)OC(=O)c1ccc(Cl)c(Cl)c1. The zero-order chi connectivity index (χ0) is 15.3. The Bertz CT molecular complexity index is 547. The molecule has 0 fully saturated rings. The molecule has 1 rings (SSSR count). The van der Waals surface area contributed by atoms with Gasteiger partial charge in [-0.25, -0.2) is 9.59 Å². The lowest BCUT2D eigenvalue weighted by atomic mass is 10.2. The fraction of sp³-hybridized carbons (Fsp3) is 0.250. The average Bonchev–Trinajstić information content (AvgIpc) is 2.41. The van der Waals surface area contributed by atoms with E-state index in [1.807, 2.05) is 5.32 Å². The second kappa shape index (κ2) is 7.12. The van der Waals surface area contributed by atoms with Gasteiger partial charge in [0.2, 0.25) is 0 Å². The number of carbonyl (C=O) groups excluding carboxylic acids is 3. The van der Waals surface area contributed by atoms with Crippen molar-refractivity contribution in [3.8, 4) is 0 Å².